The van der Waals surface area contributed by atoms with Crippen LogP contribution in [-0.4, -0.2) is 17.5 Å². The zero-order chi connectivity index (χ0) is 8.10. The third-order valence-corrected chi connectivity index (χ3v) is 1.66. The number of aliphatic hydroxyl groups excluding tert-OH is 1. The summed E-state index contributed by atoms with van der Waals surface area (Å²) >= 11 is 0. The van der Waals surface area contributed by atoms with Crippen LogP contribution in [0.3, 0.4) is 0 Å². The Bertz CT molecular complexity index is 161. The lowest BCUT2D eigenvalue weighted by molar-refractivity contribution is -0.0777. The van der Waals surface area contributed by atoms with Crippen LogP contribution < -0.4 is 0 Å². The molecule has 1 aliphatic heterocycles. The molecule has 0 aromatic rings. The smallest absolute Gasteiger partial charge is 0.155 e. The van der Waals surface area contributed by atoms with E-state index in [1.54, 1.807) is 0 Å². The van der Waals surface area contributed by atoms with Crippen molar-refractivity contribution in [1.82, 2.24) is 0 Å². The number of aliphatic hydroxyl groups is 1. The monoisotopic (exact) mass is 154 g/mol. The van der Waals surface area contributed by atoms with Gasteiger partial charge in [-0.2, -0.15) is 0 Å². The Kier molecular flexibility index (Phi) is 3.33. The highest BCUT2D eigenvalue weighted by Gasteiger charge is 2.19. The van der Waals surface area contributed by atoms with Crippen molar-refractivity contribution in [3.63, 3.8) is 0 Å². The van der Waals surface area contributed by atoms with Crippen molar-refractivity contribution in [3.05, 3.63) is 24.3 Å². The number of hydrogen-bond donors (Lipinski definition) is 1. The highest BCUT2D eigenvalue weighted by Crippen LogP contribution is 2.18. The van der Waals surface area contributed by atoms with Gasteiger partial charge in [-0.25, -0.2) is 0 Å². The van der Waals surface area contributed by atoms with Crippen molar-refractivity contribution in [2.24, 2.45) is 0 Å². The summed E-state index contributed by atoms with van der Waals surface area (Å²) in [5.41, 5.74) is 0. The largest absolute Gasteiger partial charge is 0.368 e. The van der Waals surface area contributed by atoms with Gasteiger partial charge in [0.15, 0.2) is 6.29 Å². The summed E-state index contributed by atoms with van der Waals surface area (Å²) < 4.78 is 5.14. The van der Waals surface area contributed by atoms with E-state index in [4.69, 9.17) is 9.84 Å². The molecule has 0 radical (unpaired) electrons. The Hall–Kier alpha value is -0.600. The van der Waals surface area contributed by atoms with Crippen LogP contribution in [0.4, 0.5) is 0 Å². The van der Waals surface area contributed by atoms with E-state index in [1.165, 1.54) is 0 Å². The summed E-state index contributed by atoms with van der Waals surface area (Å²) in [4.78, 5) is 0. The Labute approximate surface area is 67.2 Å². The molecule has 1 rings (SSSR count). The van der Waals surface area contributed by atoms with Crippen molar-refractivity contribution in [3.8, 4) is 0 Å². The van der Waals surface area contributed by atoms with Crippen LogP contribution in [0.5, 0.6) is 0 Å². The van der Waals surface area contributed by atoms with Crippen molar-refractivity contribution in [2.75, 3.05) is 0 Å². The van der Waals surface area contributed by atoms with Gasteiger partial charge in [0.05, 0.1) is 6.10 Å². The molecule has 2 nitrogen and oxygen atoms in total. The molecular weight excluding hydrogens is 140 g/mol. The predicted octanol–water partition coefficient (Wildman–Crippen LogP) is 1.62. The molecule has 0 saturated carbocycles. The number of ether oxygens (including phenoxy) is 1. The first kappa shape index (κ1) is 8.50. The van der Waals surface area contributed by atoms with Crippen LogP contribution in [0.2, 0.25) is 0 Å². The average molecular weight is 154 g/mol. The van der Waals surface area contributed by atoms with Gasteiger partial charge in [-0.15, -0.1) is 0 Å². The molecule has 62 valence electrons. The maximum Gasteiger partial charge on any atom is 0.155 e. The van der Waals surface area contributed by atoms with E-state index in [0.717, 1.165) is 12.8 Å². The van der Waals surface area contributed by atoms with E-state index < -0.39 is 6.29 Å². The van der Waals surface area contributed by atoms with Gasteiger partial charge >= 0.3 is 0 Å². The minimum Gasteiger partial charge on any atom is -0.368 e. The Morgan fingerprint density at radius 2 is 2.18 bits per heavy atom. The molecular formula is C9H14O2. The second-order valence-electron chi connectivity index (χ2n) is 2.62. The topological polar surface area (TPSA) is 29.5 Å². The van der Waals surface area contributed by atoms with Gasteiger partial charge in [-0.05, 0) is 13.3 Å². The first-order valence-electron chi connectivity index (χ1n) is 3.96. The molecule has 0 bridgehead atoms. The fourth-order valence-corrected chi connectivity index (χ4v) is 1.09. The molecule has 0 aliphatic carbocycles. The van der Waals surface area contributed by atoms with Crippen molar-refractivity contribution < 1.29 is 9.84 Å². The number of hydrogen-bond acceptors (Lipinski definition) is 2. The minimum atomic E-state index is -0.546. The van der Waals surface area contributed by atoms with Gasteiger partial charge in [0.25, 0.3) is 0 Å². The second kappa shape index (κ2) is 4.31. The molecule has 0 amide bonds. The van der Waals surface area contributed by atoms with Gasteiger partial charge in [-0.3, -0.25) is 0 Å². The van der Waals surface area contributed by atoms with Gasteiger partial charge in [0.2, 0.25) is 0 Å². The van der Waals surface area contributed by atoms with Crippen LogP contribution in [0, 0.1) is 0 Å². The minimum absolute atomic E-state index is 0.112. The molecule has 2 heteroatoms. The normalized spacial score (nSPS) is 32.5. The van der Waals surface area contributed by atoms with Gasteiger partial charge in [-0.1, -0.05) is 24.3 Å². The Morgan fingerprint density at radius 3 is 2.73 bits per heavy atom. The van der Waals surface area contributed by atoms with Crippen molar-refractivity contribution in [1.29, 1.82) is 0 Å². The molecule has 1 N–H and O–H groups in total. The van der Waals surface area contributed by atoms with Crippen LogP contribution in [0.1, 0.15) is 19.8 Å². The molecule has 11 heavy (non-hydrogen) atoms. The van der Waals surface area contributed by atoms with Gasteiger partial charge in [0, 0.05) is 6.42 Å². The molecule has 2 atom stereocenters. The zero-order valence-electron chi connectivity index (χ0n) is 6.73. The van der Waals surface area contributed by atoms with Gasteiger partial charge < -0.3 is 9.84 Å². The summed E-state index contributed by atoms with van der Waals surface area (Å²) in [6.07, 6.45) is 9.08. The highest BCUT2D eigenvalue weighted by molar-refractivity contribution is 5.04. The van der Waals surface area contributed by atoms with Crippen molar-refractivity contribution in [2.45, 2.75) is 32.2 Å². The summed E-state index contributed by atoms with van der Waals surface area (Å²) in [5.74, 6) is 0. The summed E-state index contributed by atoms with van der Waals surface area (Å²) in [7, 11) is 0. The van der Waals surface area contributed by atoms with Crippen LogP contribution in [0.25, 0.3) is 0 Å². The fraction of sp³-hybridized carbons (Fsp3) is 0.556. The van der Waals surface area contributed by atoms with E-state index in [2.05, 4.69) is 0 Å². The summed E-state index contributed by atoms with van der Waals surface area (Å²) in [6.45, 7) is 1.97. The lowest BCUT2D eigenvalue weighted by Gasteiger charge is -2.02. The Balaban J connectivity index is 2.27. The summed E-state index contributed by atoms with van der Waals surface area (Å²) in [6, 6.07) is 0. The maximum absolute atomic E-state index is 8.98. The first-order valence-corrected chi connectivity index (χ1v) is 3.96. The fourth-order valence-electron chi connectivity index (χ4n) is 1.09. The summed E-state index contributed by atoms with van der Waals surface area (Å²) in [5, 5.41) is 8.98. The number of rotatable bonds is 2. The molecule has 1 saturated heterocycles. The van der Waals surface area contributed by atoms with E-state index in [0.29, 0.717) is 0 Å². The average Bonchev–Trinajstić information content (AvgIpc) is 2.37. The highest BCUT2D eigenvalue weighted by atomic mass is 16.6. The lowest BCUT2D eigenvalue weighted by Crippen LogP contribution is -2.06. The van der Waals surface area contributed by atoms with E-state index in [9.17, 15) is 0 Å². The Morgan fingerprint density at radius 1 is 1.36 bits per heavy atom. The quantitative estimate of drug-likeness (QED) is 0.612. The zero-order valence-corrected chi connectivity index (χ0v) is 6.73. The molecule has 0 unspecified atom stereocenters. The van der Waals surface area contributed by atoms with E-state index >= 15 is 0 Å². The standard InChI is InChI=1S/C9H14O2/c1-2-3-4-5-8-6-7-9(10)11-8/h2-5,8-10H,6-7H2,1H3/b3-2+,5-4+/t8-,9-/m1/s1. The van der Waals surface area contributed by atoms with E-state index in [1.807, 2.05) is 31.2 Å². The van der Waals surface area contributed by atoms with Crippen LogP contribution in [-0.2, 0) is 4.74 Å². The molecule has 1 heterocycles. The second-order valence-corrected chi connectivity index (χ2v) is 2.62. The molecule has 0 spiro atoms. The van der Waals surface area contributed by atoms with Crippen LogP contribution in [0.15, 0.2) is 24.3 Å². The molecule has 1 aliphatic rings. The van der Waals surface area contributed by atoms with E-state index in [-0.39, 0.29) is 6.10 Å². The third-order valence-electron chi connectivity index (χ3n) is 1.66. The maximum atomic E-state index is 8.98. The number of allylic oxidation sites excluding steroid dienone is 3. The first-order chi connectivity index (χ1) is 5.33. The van der Waals surface area contributed by atoms with Crippen molar-refractivity contribution >= 4 is 0 Å². The third kappa shape index (κ3) is 2.87. The van der Waals surface area contributed by atoms with Crippen LogP contribution >= 0.6 is 0 Å². The molecule has 0 aromatic carbocycles. The predicted molar refractivity (Wildman–Crippen MR) is 44.1 cm³/mol. The van der Waals surface area contributed by atoms with Gasteiger partial charge in [0.1, 0.15) is 0 Å². The molecule has 0 aromatic heterocycles. The SMILES string of the molecule is C/C=C/C=C/[C@@H]1CC[C@H](O)O1. The lowest BCUT2D eigenvalue weighted by atomic mass is 10.2. The molecule has 1 fully saturated rings.